The zero-order chi connectivity index (χ0) is 17.6. The molecule has 1 aromatic carbocycles. The fourth-order valence-electron chi connectivity index (χ4n) is 2.60. The summed E-state index contributed by atoms with van der Waals surface area (Å²) in [7, 11) is -3.50. The van der Waals surface area contributed by atoms with E-state index in [-0.39, 0.29) is 42.0 Å². The third-order valence-corrected chi connectivity index (χ3v) is 4.53. The van der Waals surface area contributed by atoms with E-state index in [2.05, 4.69) is 20.1 Å². The van der Waals surface area contributed by atoms with Gasteiger partial charge in [-0.1, -0.05) is 12.1 Å². The van der Waals surface area contributed by atoms with Gasteiger partial charge in [0.25, 0.3) is 0 Å². The van der Waals surface area contributed by atoms with Crippen molar-refractivity contribution < 1.29 is 13.5 Å². The maximum atomic E-state index is 11.0. The molecule has 25 heavy (non-hydrogen) atoms. The van der Waals surface area contributed by atoms with Gasteiger partial charge in [0.2, 0.25) is 10.0 Å². The maximum absolute atomic E-state index is 11.0. The predicted octanol–water partition coefficient (Wildman–Crippen LogP) is 0.386. The number of rotatable bonds is 5. The second-order valence-corrected chi connectivity index (χ2v) is 7.30. The lowest BCUT2D eigenvalue weighted by Gasteiger charge is -2.37. The zero-order valence-electron chi connectivity index (χ0n) is 14.3. The van der Waals surface area contributed by atoms with E-state index in [4.69, 9.17) is 5.14 Å². The average Bonchev–Trinajstić information content (AvgIpc) is 2.54. The van der Waals surface area contributed by atoms with Crippen molar-refractivity contribution in [1.29, 1.82) is 0 Å². The van der Waals surface area contributed by atoms with Crippen molar-refractivity contribution >= 4 is 45.6 Å². The van der Waals surface area contributed by atoms with Gasteiger partial charge in [0.1, 0.15) is 5.75 Å². The summed E-state index contributed by atoms with van der Waals surface area (Å²) >= 11 is 0. The van der Waals surface area contributed by atoms with Gasteiger partial charge < -0.3 is 20.2 Å². The highest BCUT2D eigenvalue weighted by Crippen LogP contribution is 2.27. The molecule has 0 spiro atoms. The molecule has 1 heterocycles. The molecule has 1 aliphatic rings. The van der Waals surface area contributed by atoms with Crippen LogP contribution in [0, 0.1) is 0 Å². The number of guanidine groups is 1. The Labute approximate surface area is 166 Å². The third kappa shape index (κ3) is 6.86. The Hall–Kier alpha value is -1.27. The molecule has 1 saturated heterocycles. The number of nitrogens with one attached hydrogen (secondary N) is 1. The van der Waals surface area contributed by atoms with Crippen molar-refractivity contribution in [2.75, 3.05) is 49.9 Å². The molecule has 0 aliphatic carbocycles. The number of aliphatic imine (C=N–C) groups is 1. The van der Waals surface area contributed by atoms with Gasteiger partial charge in [0.15, 0.2) is 5.96 Å². The second kappa shape index (κ2) is 10.0. The van der Waals surface area contributed by atoms with Gasteiger partial charge in [-0.15, -0.1) is 24.0 Å². The van der Waals surface area contributed by atoms with Crippen LogP contribution < -0.4 is 15.4 Å². The summed E-state index contributed by atoms with van der Waals surface area (Å²) in [5.41, 5.74) is 0.827. The molecule has 10 heteroatoms. The standard InChI is InChI=1S/C15H25N5O3S.HI/c1-2-17-15(18-7-12-24(16,22)23)20-10-8-19(9-11-20)13-5-3-4-6-14(13)21;/h3-6,21H,2,7-12H2,1H3,(H,17,18)(H2,16,22,23);1H. The summed E-state index contributed by atoms with van der Waals surface area (Å²) in [4.78, 5) is 8.55. The number of phenols is 1. The van der Waals surface area contributed by atoms with Crippen molar-refractivity contribution in [2.45, 2.75) is 6.92 Å². The molecule has 0 bridgehead atoms. The first-order valence-electron chi connectivity index (χ1n) is 7.97. The molecule has 142 valence electrons. The topological polar surface area (TPSA) is 111 Å². The van der Waals surface area contributed by atoms with E-state index < -0.39 is 10.0 Å². The highest BCUT2D eigenvalue weighted by Gasteiger charge is 2.21. The quantitative estimate of drug-likeness (QED) is 0.318. The highest BCUT2D eigenvalue weighted by molar-refractivity contribution is 14.0. The number of nitrogens with two attached hydrogens (primary N) is 1. The summed E-state index contributed by atoms with van der Waals surface area (Å²) in [5.74, 6) is 0.803. The van der Waals surface area contributed by atoms with E-state index in [1.165, 1.54) is 0 Å². The van der Waals surface area contributed by atoms with E-state index >= 15 is 0 Å². The van der Waals surface area contributed by atoms with E-state index in [0.29, 0.717) is 12.5 Å². The Morgan fingerprint density at radius 3 is 2.48 bits per heavy atom. The minimum absolute atomic E-state index is 0. The van der Waals surface area contributed by atoms with Crippen LogP contribution in [-0.2, 0) is 10.0 Å². The molecule has 1 aromatic rings. The Bertz CT molecular complexity index is 675. The molecule has 1 aliphatic heterocycles. The molecule has 8 nitrogen and oxygen atoms in total. The van der Waals surface area contributed by atoms with Gasteiger partial charge in [-0.25, -0.2) is 13.6 Å². The first-order valence-corrected chi connectivity index (χ1v) is 9.69. The normalized spacial score (nSPS) is 15.7. The van der Waals surface area contributed by atoms with Gasteiger partial charge >= 0.3 is 0 Å². The molecule has 4 N–H and O–H groups in total. The molecular formula is C15H26IN5O3S. The first-order chi connectivity index (χ1) is 11.4. The molecule has 0 unspecified atom stereocenters. The molecule has 0 aromatic heterocycles. The van der Waals surface area contributed by atoms with Crippen molar-refractivity contribution in [2.24, 2.45) is 10.1 Å². The number of anilines is 1. The number of nitrogens with zero attached hydrogens (tertiary/aromatic N) is 3. The number of phenolic OH excluding ortho intramolecular Hbond substituents is 1. The largest absolute Gasteiger partial charge is 0.506 e. The summed E-state index contributed by atoms with van der Waals surface area (Å²) in [5, 5.41) is 18.1. The van der Waals surface area contributed by atoms with Crippen LogP contribution in [0.25, 0.3) is 0 Å². The average molecular weight is 483 g/mol. The SMILES string of the molecule is CCNC(=NCCS(N)(=O)=O)N1CCN(c2ccccc2O)CC1.I. The van der Waals surface area contributed by atoms with Crippen LogP contribution >= 0.6 is 24.0 Å². The van der Waals surface area contributed by atoms with Crippen LogP contribution in [0.1, 0.15) is 6.92 Å². The van der Waals surface area contributed by atoms with Crippen molar-refractivity contribution in [3.63, 3.8) is 0 Å². The molecule has 0 atom stereocenters. The van der Waals surface area contributed by atoms with Crippen LogP contribution in [0.4, 0.5) is 5.69 Å². The zero-order valence-corrected chi connectivity index (χ0v) is 17.4. The van der Waals surface area contributed by atoms with Gasteiger partial charge in [0.05, 0.1) is 18.0 Å². The maximum Gasteiger partial charge on any atom is 0.210 e. The number of hydrogen-bond donors (Lipinski definition) is 3. The molecule has 2 rings (SSSR count). The number of hydrogen-bond acceptors (Lipinski definition) is 5. The van der Waals surface area contributed by atoms with Gasteiger partial charge in [0, 0.05) is 32.7 Å². The lowest BCUT2D eigenvalue weighted by atomic mass is 10.2. The number of primary sulfonamides is 1. The number of halogens is 1. The monoisotopic (exact) mass is 483 g/mol. The number of para-hydroxylation sites is 2. The molecule has 0 amide bonds. The van der Waals surface area contributed by atoms with E-state index in [1.54, 1.807) is 12.1 Å². The molecule has 0 radical (unpaired) electrons. The Morgan fingerprint density at radius 1 is 1.28 bits per heavy atom. The third-order valence-electron chi connectivity index (χ3n) is 3.77. The van der Waals surface area contributed by atoms with Crippen LogP contribution in [0.5, 0.6) is 5.75 Å². The Balaban J connectivity index is 0.00000312. The van der Waals surface area contributed by atoms with Gasteiger partial charge in [-0.3, -0.25) is 4.99 Å². The first kappa shape index (κ1) is 21.8. The fourth-order valence-corrected chi connectivity index (χ4v) is 2.94. The molecule has 0 saturated carbocycles. The summed E-state index contributed by atoms with van der Waals surface area (Å²) in [6.07, 6.45) is 0. The van der Waals surface area contributed by atoms with Gasteiger partial charge in [-0.05, 0) is 19.1 Å². The van der Waals surface area contributed by atoms with Crippen LogP contribution in [0.2, 0.25) is 0 Å². The molecular weight excluding hydrogens is 457 g/mol. The summed E-state index contributed by atoms with van der Waals surface area (Å²) in [6, 6.07) is 7.29. The lowest BCUT2D eigenvalue weighted by molar-refractivity contribution is 0.370. The fraction of sp³-hybridized carbons (Fsp3) is 0.533. The number of aromatic hydroxyl groups is 1. The van der Waals surface area contributed by atoms with Crippen LogP contribution in [0.15, 0.2) is 29.3 Å². The van der Waals surface area contributed by atoms with Crippen LogP contribution in [0.3, 0.4) is 0 Å². The lowest BCUT2D eigenvalue weighted by Crippen LogP contribution is -2.52. The Kier molecular flexibility index (Phi) is 8.73. The van der Waals surface area contributed by atoms with Crippen molar-refractivity contribution in [3.05, 3.63) is 24.3 Å². The number of sulfonamides is 1. The highest BCUT2D eigenvalue weighted by atomic mass is 127. The summed E-state index contributed by atoms with van der Waals surface area (Å²) < 4.78 is 22.0. The van der Waals surface area contributed by atoms with Gasteiger partial charge in [-0.2, -0.15) is 0 Å². The van der Waals surface area contributed by atoms with Crippen molar-refractivity contribution in [1.82, 2.24) is 10.2 Å². The van der Waals surface area contributed by atoms with E-state index in [9.17, 15) is 13.5 Å². The van der Waals surface area contributed by atoms with Crippen LogP contribution in [-0.4, -0.2) is 69.4 Å². The summed E-state index contributed by atoms with van der Waals surface area (Å²) in [6.45, 7) is 5.77. The second-order valence-electron chi connectivity index (χ2n) is 5.57. The molecule has 1 fully saturated rings. The van der Waals surface area contributed by atoms with Crippen molar-refractivity contribution in [3.8, 4) is 5.75 Å². The number of benzene rings is 1. The Morgan fingerprint density at radius 2 is 1.92 bits per heavy atom. The predicted molar refractivity (Wildman–Crippen MR) is 111 cm³/mol. The minimum Gasteiger partial charge on any atom is -0.506 e. The smallest absolute Gasteiger partial charge is 0.210 e. The number of piperazine rings is 1. The minimum atomic E-state index is -3.50. The van der Waals surface area contributed by atoms with E-state index in [0.717, 1.165) is 31.9 Å². The van der Waals surface area contributed by atoms with E-state index in [1.807, 2.05) is 19.1 Å².